The molecule has 1 saturated heterocycles. The van der Waals surface area contributed by atoms with E-state index in [1.54, 1.807) is 6.07 Å². The van der Waals surface area contributed by atoms with Crippen molar-refractivity contribution in [3.05, 3.63) is 29.3 Å². The number of anilines is 1. The molecule has 0 radical (unpaired) electrons. The van der Waals surface area contributed by atoms with Gasteiger partial charge < -0.3 is 10.5 Å². The number of ether oxygens (including phenoxy) is 1. The van der Waals surface area contributed by atoms with E-state index in [1.165, 1.54) is 0 Å². The van der Waals surface area contributed by atoms with E-state index in [4.69, 9.17) is 10.5 Å². The minimum atomic E-state index is 0.0205. The highest BCUT2D eigenvalue weighted by atomic mass is 16.5. The SMILES string of the molecule is Cc1ccc(C(=O)C2CCOC2)cc1N. The molecule has 15 heavy (non-hydrogen) atoms. The average molecular weight is 205 g/mol. The number of ketones is 1. The van der Waals surface area contributed by atoms with Crippen LogP contribution in [0.4, 0.5) is 5.69 Å². The summed E-state index contributed by atoms with van der Waals surface area (Å²) in [6.07, 6.45) is 0.826. The number of benzene rings is 1. The van der Waals surface area contributed by atoms with Crippen LogP contribution in [0.5, 0.6) is 0 Å². The molecule has 0 aliphatic carbocycles. The quantitative estimate of drug-likeness (QED) is 0.591. The van der Waals surface area contributed by atoms with Gasteiger partial charge in [0.2, 0.25) is 0 Å². The van der Waals surface area contributed by atoms with Crippen LogP contribution in [0, 0.1) is 12.8 Å². The standard InChI is InChI=1S/C12H15NO2/c1-8-2-3-9(6-11(8)13)12(14)10-4-5-15-7-10/h2-3,6,10H,4-5,7,13H2,1H3. The van der Waals surface area contributed by atoms with Crippen molar-refractivity contribution in [2.75, 3.05) is 18.9 Å². The van der Waals surface area contributed by atoms with E-state index >= 15 is 0 Å². The molecular formula is C12H15NO2. The van der Waals surface area contributed by atoms with Gasteiger partial charge in [0.05, 0.1) is 6.61 Å². The first-order chi connectivity index (χ1) is 7.18. The highest BCUT2D eigenvalue weighted by Gasteiger charge is 2.24. The highest BCUT2D eigenvalue weighted by molar-refractivity contribution is 5.98. The first-order valence-electron chi connectivity index (χ1n) is 5.16. The van der Waals surface area contributed by atoms with E-state index in [9.17, 15) is 4.79 Å². The minimum Gasteiger partial charge on any atom is -0.398 e. The normalized spacial score (nSPS) is 20.5. The van der Waals surface area contributed by atoms with Gasteiger partial charge in [-0.3, -0.25) is 4.79 Å². The lowest BCUT2D eigenvalue weighted by atomic mass is 9.96. The van der Waals surface area contributed by atoms with E-state index < -0.39 is 0 Å². The smallest absolute Gasteiger partial charge is 0.168 e. The van der Waals surface area contributed by atoms with E-state index in [0.29, 0.717) is 24.5 Å². The lowest BCUT2D eigenvalue weighted by molar-refractivity contribution is 0.0900. The van der Waals surface area contributed by atoms with Crippen LogP contribution in [0.2, 0.25) is 0 Å². The van der Waals surface area contributed by atoms with Gasteiger partial charge >= 0.3 is 0 Å². The van der Waals surface area contributed by atoms with Gasteiger partial charge in [0, 0.05) is 23.8 Å². The Hall–Kier alpha value is -1.35. The Kier molecular flexibility index (Phi) is 2.73. The molecule has 1 atom stereocenters. The number of aryl methyl sites for hydroxylation is 1. The number of Topliss-reactive ketones (excluding diaryl/α,β-unsaturated/α-hetero) is 1. The number of nitrogens with two attached hydrogens (primary N) is 1. The molecule has 0 spiro atoms. The van der Waals surface area contributed by atoms with E-state index in [-0.39, 0.29) is 11.7 Å². The Balaban J connectivity index is 2.21. The molecule has 1 fully saturated rings. The first-order valence-corrected chi connectivity index (χ1v) is 5.16. The van der Waals surface area contributed by atoms with Gasteiger partial charge in [-0.05, 0) is 25.0 Å². The molecule has 0 amide bonds. The molecule has 3 heteroatoms. The van der Waals surface area contributed by atoms with Crippen LogP contribution >= 0.6 is 0 Å². The summed E-state index contributed by atoms with van der Waals surface area (Å²) >= 11 is 0. The fraction of sp³-hybridized carbons (Fsp3) is 0.417. The van der Waals surface area contributed by atoms with E-state index in [2.05, 4.69) is 0 Å². The molecule has 1 unspecified atom stereocenters. The molecule has 2 rings (SSSR count). The van der Waals surface area contributed by atoms with Gasteiger partial charge in [0.1, 0.15) is 0 Å². The lowest BCUT2D eigenvalue weighted by Gasteiger charge is -2.08. The Labute approximate surface area is 89.2 Å². The van der Waals surface area contributed by atoms with Crippen LogP contribution in [0.3, 0.4) is 0 Å². The molecule has 80 valence electrons. The van der Waals surface area contributed by atoms with Gasteiger partial charge in [-0.15, -0.1) is 0 Å². The zero-order chi connectivity index (χ0) is 10.8. The fourth-order valence-electron chi connectivity index (χ4n) is 1.77. The average Bonchev–Trinajstić information content (AvgIpc) is 2.74. The van der Waals surface area contributed by atoms with E-state index in [1.807, 2.05) is 19.1 Å². The highest BCUT2D eigenvalue weighted by Crippen LogP contribution is 2.21. The van der Waals surface area contributed by atoms with Crippen molar-refractivity contribution in [3.8, 4) is 0 Å². The predicted molar refractivity (Wildman–Crippen MR) is 58.8 cm³/mol. The number of rotatable bonds is 2. The van der Waals surface area contributed by atoms with Crippen LogP contribution in [-0.4, -0.2) is 19.0 Å². The number of nitrogen functional groups attached to an aromatic ring is 1. The van der Waals surface area contributed by atoms with Gasteiger partial charge in [0.25, 0.3) is 0 Å². The van der Waals surface area contributed by atoms with Gasteiger partial charge in [-0.25, -0.2) is 0 Å². The third kappa shape index (κ3) is 2.02. The minimum absolute atomic E-state index is 0.0205. The molecule has 0 aromatic heterocycles. The Bertz CT molecular complexity index is 381. The predicted octanol–water partition coefficient (Wildman–Crippen LogP) is 1.80. The Morgan fingerprint density at radius 1 is 1.53 bits per heavy atom. The van der Waals surface area contributed by atoms with Gasteiger partial charge in [-0.1, -0.05) is 12.1 Å². The van der Waals surface area contributed by atoms with Crippen LogP contribution in [0.25, 0.3) is 0 Å². The van der Waals surface area contributed by atoms with Crippen LogP contribution in [0.15, 0.2) is 18.2 Å². The molecule has 0 bridgehead atoms. The molecule has 1 heterocycles. The molecule has 2 N–H and O–H groups in total. The number of hydrogen-bond acceptors (Lipinski definition) is 3. The van der Waals surface area contributed by atoms with Crippen molar-refractivity contribution in [3.63, 3.8) is 0 Å². The second-order valence-electron chi connectivity index (χ2n) is 4.00. The number of carbonyl (C=O) groups excluding carboxylic acids is 1. The third-order valence-corrected chi connectivity index (χ3v) is 2.86. The molecule has 1 aromatic rings. The molecular weight excluding hydrogens is 190 g/mol. The van der Waals surface area contributed by atoms with Crippen molar-refractivity contribution in [1.82, 2.24) is 0 Å². The zero-order valence-electron chi connectivity index (χ0n) is 8.82. The summed E-state index contributed by atoms with van der Waals surface area (Å²) in [4.78, 5) is 12.0. The largest absolute Gasteiger partial charge is 0.398 e. The van der Waals surface area contributed by atoms with Crippen LogP contribution in [0.1, 0.15) is 22.3 Å². The van der Waals surface area contributed by atoms with Crippen molar-refractivity contribution in [1.29, 1.82) is 0 Å². The summed E-state index contributed by atoms with van der Waals surface area (Å²) in [5.74, 6) is 0.173. The lowest BCUT2D eigenvalue weighted by Crippen LogP contribution is -2.14. The first kappa shape index (κ1) is 10.2. The third-order valence-electron chi connectivity index (χ3n) is 2.86. The summed E-state index contributed by atoms with van der Waals surface area (Å²) in [5.41, 5.74) is 8.16. The number of hydrogen-bond donors (Lipinski definition) is 1. The Morgan fingerprint density at radius 3 is 2.93 bits per heavy atom. The summed E-state index contributed by atoms with van der Waals surface area (Å²) in [6.45, 7) is 3.17. The second-order valence-corrected chi connectivity index (χ2v) is 4.00. The number of carbonyl (C=O) groups is 1. The Morgan fingerprint density at radius 2 is 2.33 bits per heavy atom. The van der Waals surface area contributed by atoms with Crippen molar-refractivity contribution >= 4 is 11.5 Å². The monoisotopic (exact) mass is 205 g/mol. The molecule has 0 saturated carbocycles. The zero-order valence-corrected chi connectivity index (χ0v) is 8.82. The second kappa shape index (κ2) is 4.03. The maximum absolute atomic E-state index is 12.0. The van der Waals surface area contributed by atoms with Crippen LogP contribution in [-0.2, 0) is 4.74 Å². The molecule has 1 aromatic carbocycles. The summed E-state index contributed by atoms with van der Waals surface area (Å²) in [7, 11) is 0. The maximum Gasteiger partial charge on any atom is 0.168 e. The van der Waals surface area contributed by atoms with Crippen molar-refractivity contribution in [2.45, 2.75) is 13.3 Å². The molecule has 1 aliphatic heterocycles. The van der Waals surface area contributed by atoms with Gasteiger partial charge in [0.15, 0.2) is 5.78 Å². The topological polar surface area (TPSA) is 52.3 Å². The van der Waals surface area contributed by atoms with E-state index in [0.717, 1.165) is 12.0 Å². The summed E-state index contributed by atoms with van der Waals surface area (Å²) < 4.78 is 5.20. The van der Waals surface area contributed by atoms with Crippen LogP contribution < -0.4 is 5.73 Å². The summed E-state index contributed by atoms with van der Waals surface area (Å²) in [6, 6.07) is 5.49. The summed E-state index contributed by atoms with van der Waals surface area (Å²) in [5, 5.41) is 0. The maximum atomic E-state index is 12.0. The molecule has 3 nitrogen and oxygen atoms in total. The van der Waals surface area contributed by atoms with Gasteiger partial charge in [-0.2, -0.15) is 0 Å². The van der Waals surface area contributed by atoms with Crippen molar-refractivity contribution < 1.29 is 9.53 Å². The molecule has 1 aliphatic rings. The van der Waals surface area contributed by atoms with Crippen molar-refractivity contribution in [2.24, 2.45) is 5.92 Å². The fourth-order valence-corrected chi connectivity index (χ4v) is 1.77.